The predicted molar refractivity (Wildman–Crippen MR) is 146 cm³/mol. The lowest BCUT2D eigenvalue weighted by atomic mass is 10.0. The van der Waals surface area contributed by atoms with Gasteiger partial charge in [0.25, 0.3) is 10.0 Å². The summed E-state index contributed by atoms with van der Waals surface area (Å²) >= 11 is 0. The smallest absolute Gasteiger partial charge is 0.261 e. The van der Waals surface area contributed by atoms with E-state index in [2.05, 4.69) is 20.3 Å². The third-order valence-corrected chi connectivity index (χ3v) is 7.83. The molecule has 0 unspecified atom stereocenters. The third kappa shape index (κ3) is 6.74. The number of aromatic hydroxyl groups is 2. The van der Waals surface area contributed by atoms with Crippen molar-refractivity contribution in [1.29, 1.82) is 0 Å². The highest BCUT2D eigenvalue weighted by atomic mass is 32.2. The number of carbonyl (C=O) groups is 1. The van der Waals surface area contributed by atoms with Gasteiger partial charge in [0.15, 0.2) is 11.5 Å². The maximum absolute atomic E-state index is 13.0. The molecule has 0 aromatic heterocycles. The standard InChI is InChI=1S/C27H32N4O6S/c1-18(32)29-21-7-9-22(10-8-21)38(36,37)30-23-4-2-3-5-24(23)31-14-12-20(13-15-31)28-17-27(35)19-6-11-25(33)26(34)16-19/h2-11,16,20,27-28,30,33-35H,12-15,17H2,1H3,(H,29,32)/t27-/m1/s1. The fourth-order valence-electron chi connectivity index (χ4n) is 4.43. The van der Waals surface area contributed by atoms with Crippen molar-refractivity contribution < 1.29 is 28.5 Å². The second-order valence-corrected chi connectivity index (χ2v) is 10.9. The number of rotatable bonds is 9. The maximum Gasteiger partial charge on any atom is 0.261 e. The molecule has 0 spiro atoms. The van der Waals surface area contributed by atoms with Gasteiger partial charge in [-0.3, -0.25) is 9.52 Å². The monoisotopic (exact) mass is 540 g/mol. The molecular formula is C27H32N4O6S. The van der Waals surface area contributed by atoms with Gasteiger partial charge in [-0.2, -0.15) is 0 Å². The van der Waals surface area contributed by atoms with Gasteiger partial charge >= 0.3 is 0 Å². The molecule has 0 aliphatic carbocycles. The van der Waals surface area contributed by atoms with E-state index in [1.165, 1.54) is 31.2 Å². The summed E-state index contributed by atoms with van der Waals surface area (Å²) in [5, 5.41) is 35.5. The number of aliphatic hydroxyl groups excluding tert-OH is 1. The summed E-state index contributed by atoms with van der Waals surface area (Å²) in [5.41, 5.74) is 2.29. The maximum atomic E-state index is 13.0. The fraction of sp³-hybridized carbons (Fsp3) is 0.296. The molecule has 1 heterocycles. The van der Waals surface area contributed by atoms with Crippen LogP contribution in [0.4, 0.5) is 17.1 Å². The van der Waals surface area contributed by atoms with Crippen LogP contribution in [0.3, 0.4) is 0 Å². The van der Waals surface area contributed by atoms with Crippen molar-refractivity contribution in [2.24, 2.45) is 0 Å². The van der Waals surface area contributed by atoms with Crippen molar-refractivity contribution >= 4 is 33.0 Å². The van der Waals surface area contributed by atoms with Gasteiger partial charge in [-0.15, -0.1) is 0 Å². The molecular weight excluding hydrogens is 508 g/mol. The van der Waals surface area contributed by atoms with Crippen molar-refractivity contribution in [1.82, 2.24) is 5.32 Å². The molecule has 1 fully saturated rings. The summed E-state index contributed by atoms with van der Waals surface area (Å²) in [4.78, 5) is 13.4. The van der Waals surface area contributed by atoms with E-state index in [1.807, 2.05) is 12.1 Å². The molecule has 38 heavy (non-hydrogen) atoms. The summed E-state index contributed by atoms with van der Waals surface area (Å²) < 4.78 is 28.8. The minimum absolute atomic E-state index is 0.0878. The van der Waals surface area contributed by atoms with Crippen LogP contribution in [0.5, 0.6) is 11.5 Å². The number of hydrogen-bond acceptors (Lipinski definition) is 8. The summed E-state index contributed by atoms with van der Waals surface area (Å²) in [6, 6.07) is 17.7. The molecule has 3 aromatic rings. The molecule has 1 amide bonds. The first-order valence-electron chi connectivity index (χ1n) is 12.3. The van der Waals surface area contributed by atoms with Crippen molar-refractivity contribution in [3.05, 3.63) is 72.3 Å². The fourth-order valence-corrected chi connectivity index (χ4v) is 5.50. The number of phenols is 2. The second kappa shape index (κ2) is 11.7. The SMILES string of the molecule is CC(=O)Nc1ccc(S(=O)(=O)Nc2ccccc2N2CCC(NC[C@@H](O)c3ccc(O)c(O)c3)CC2)cc1. The van der Waals surface area contributed by atoms with Crippen LogP contribution in [0.1, 0.15) is 31.4 Å². The first-order chi connectivity index (χ1) is 18.1. The number of nitrogens with zero attached hydrogens (tertiary/aromatic N) is 1. The zero-order valence-electron chi connectivity index (χ0n) is 21.0. The molecule has 11 heteroatoms. The average molecular weight is 541 g/mol. The molecule has 1 atom stereocenters. The lowest BCUT2D eigenvalue weighted by Crippen LogP contribution is -2.43. The Kier molecular flexibility index (Phi) is 8.40. The van der Waals surface area contributed by atoms with Gasteiger partial charge in [0, 0.05) is 38.3 Å². The molecule has 10 nitrogen and oxygen atoms in total. The number of benzene rings is 3. The predicted octanol–water partition coefficient (Wildman–Crippen LogP) is 3.15. The summed E-state index contributed by atoms with van der Waals surface area (Å²) in [5.74, 6) is -0.740. The van der Waals surface area contributed by atoms with Crippen LogP contribution < -0.4 is 20.3 Å². The Balaban J connectivity index is 1.35. The van der Waals surface area contributed by atoms with E-state index in [4.69, 9.17) is 0 Å². The van der Waals surface area contributed by atoms with Crippen LogP contribution in [0.15, 0.2) is 71.6 Å². The van der Waals surface area contributed by atoms with Crippen LogP contribution in [-0.4, -0.2) is 55.3 Å². The normalized spacial score (nSPS) is 15.2. The van der Waals surface area contributed by atoms with Gasteiger partial charge in [-0.05, 0) is 66.9 Å². The first-order valence-corrected chi connectivity index (χ1v) is 13.8. The summed E-state index contributed by atoms with van der Waals surface area (Å²) in [7, 11) is -3.84. The highest BCUT2D eigenvalue weighted by Crippen LogP contribution is 2.31. The summed E-state index contributed by atoms with van der Waals surface area (Å²) in [6.07, 6.45) is 0.750. The van der Waals surface area contributed by atoms with Crippen molar-refractivity contribution in [3.63, 3.8) is 0 Å². The Labute approximate surface area is 222 Å². The highest BCUT2D eigenvalue weighted by molar-refractivity contribution is 7.92. The second-order valence-electron chi connectivity index (χ2n) is 9.26. The number of hydrogen-bond donors (Lipinski definition) is 6. The number of sulfonamides is 1. The van der Waals surface area contributed by atoms with Crippen LogP contribution in [0.2, 0.25) is 0 Å². The van der Waals surface area contributed by atoms with Gasteiger partial charge < -0.3 is 30.9 Å². The minimum Gasteiger partial charge on any atom is -0.504 e. The van der Waals surface area contributed by atoms with E-state index in [1.54, 1.807) is 30.3 Å². The quantitative estimate of drug-likeness (QED) is 0.227. The first kappa shape index (κ1) is 27.2. The van der Waals surface area contributed by atoms with Gasteiger partial charge in [0.05, 0.1) is 22.4 Å². The van der Waals surface area contributed by atoms with Crippen molar-refractivity contribution in [2.45, 2.75) is 36.8 Å². The van der Waals surface area contributed by atoms with E-state index in [0.29, 0.717) is 36.6 Å². The Morgan fingerprint density at radius 1 is 1.00 bits per heavy atom. The van der Waals surface area contributed by atoms with Gasteiger partial charge in [-0.1, -0.05) is 18.2 Å². The Morgan fingerprint density at radius 3 is 2.34 bits per heavy atom. The summed E-state index contributed by atoms with van der Waals surface area (Å²) in [6.45, 7) is 3.07. The van der Waals surface area contributed by atoms with Gasteiger partial charge in [0.2, 0.25) is 5.91 Å². The van der Waals surface area contributed by atoms with Crippen molar-refractivity contribution in [3.8, 4) is 11.5 Å². The molecule has 1 saturated heterocycles. The van der Waals surface area contributed by atoms with Gasteiger partial charge in [-0.25, -0.2) is 8.42 Å². The molecule has 0 saturated carbocycles. The largest absolute Gasteiger partial charge is 0.504 e. The zero-order valence-corrected chi connectivity index (χ0v) is 21.8. The molecule has 4 rings (SSSR count). The van der Waals surface area contributed by atoms with E-state index >= 15 is 0 Å². The number of piperidine rings is 1. The number of anilines is 3. The number of carbonyl (C=O) groups excluding carboxylic acids is 1. The lowest BCUT2D eigenvalue weighted by molar-refractivity contribution is -0.114. The van der Waals surface area contributed by atoms with E-state index < -0.39 is 16.1 Å². The minimum atomic E-state index is -3.84. The molecule has 0 bridgehead atoms. The molecule has 202 valence electrons. The number of phenolic OH excluding ortho intramolecular Hbond substituents is 2. The molecule has 1 aliphatic heterocycles. The number of nitrogens with one attached hydrogen (secondary N) is 3. The highest BCUT2D eigenvalue weighted by Gasteiger charge is 2.23. The van der Waals surface area contributed by atoms with Crippen LogP contribution in [0, 0.1) is 0 Å². The third-order valence-electron chi connectivity index (χ3n) is 6.45. The van der Waals surface area contributed by atoms with Crippen LogP contribution >= 0.6 is 0 Å². The van der Waals surface area contributed by atoms with E-state index in [0.717, 1.165) is 18.5 Å². The lowest BCUT2D eigenvalue weighted by Gasteiger charge is -2.35. The molecule has 0 radical (unpaired) electrons. The van der Waals surface area contributed by atoms with Gasteiger partial charge in [0.1, 0.15) is 0 Å². The molecule has 3 aromatic carbocycles. The van der Waals surface area contributed by atoms with Crippen LogP contribution in [0.25, 0.3) is 0 Å². The Morgan fingerprint density at radius 2 is 1.68 bits per heavy atom. The number of aliphatic hydroxyl groups is 1. The molecule has 1 aliphatic rings. The zero-order chi connectivity index (χ0) is 27.3. The average Bonchev–Trinajstić information content (AvgIpc) is 2.89. The van der Waals surface area contributed by atoms with Crippen molar-refractivity contribution in [2.75, 3.05) is 34.6 Å². The van der Waals surface area contributed by atoms with Crippen LogP contribution in [-0.2, 0) is 14.8 Å². The van der Waals surface area contributed by atoms with E-state index in [9.17, 15) is 28.5 Å². The number of amides is 1. The Bertz CT molecular complexity index is 1370. The topological polar surface area (TPSA) is 151 Å². The van der Waals surface area contributed by atoms with E-state index in [-0.39, 0.29) is 28.3 Å². The number of para-hydroxylation sites is 2. The molecule has 6 N–H and O–H groups in total. The Hall–Kier alpha value is -3.80.